The predicted molar refractivity (Wildman–Crippen MR) is 145 cm³/mol. The summed E-state index contributed by atoms with van der Waals surface area (Å²) in [4.78, 5) is 27.6. The van der Waals surface area contributed by atoms with Crippen molar-refractivity contribution in [2.75, 3.05) is 44.6 Å². The summed E-state index contributed by atoms with van der Waals surface area (Å²) in [6, 6.07) is 9.12. The summed E-state index contributed by atoms with van der Waals surface area (Å²) in [5.74, 6) is 0.870. The fourth-order valence-corrected chi connectivity index (χ4v) is 5.88. The number of nitrogens with zero attached hydrogens (tertiary/aromatic N) is 3. The lowest BCUT2D eigenvalue weighted by molar-refractivity contribution is -0.140. The molecule has 1 saturated heterocycles. The molecule has 2 fully saturated rings. The van der Waals surface area contributed by atoms with Gasteiger partial charge < -0.3 is 19.7 Å². The van der Waals surface area contributed by atoms with Crippen LogP contribution in [-0.4, -0.2) is 73.3 Å². The minimum atomic E-state index is -4.65. The summed E-state index contributed by atoms with van der Waals surface area (Å²) in [6.45, 7) is 3.67. The van der Waals surface area contributed by atoms with E-state index >= 15 is 0 Å². The summed E-state index contributed by atoms with van der Waals surface area (Å²) >= 11 is 6.09. The monoisotopic (exact) mass is 580 g/mol. The molecule has 2 aromatic carbocycles. The second kappa shape index (κ2) is 12.3. The van der Waals surface area contributed by atoms with Crippen LogP contribution in [0.25, 0.3) is 0 Å². The summed E-state index contributed by atoms with van der Waals surface area (Å²) in [7, 11) is 0. The van der Waals surface area contributed by atoms with E-state index in [0.29, 0.717) is 49.5 Å². The van der Waals surface area contributed by atoms with Gasteiger partial charge in [-0.05, 0) is 72.8 Å². The topological polar surface area (TPSA) is 83.5 Å². The Morgan fingerprint density at radius 1 is 1.07 bits per heavy atom. The van der Waals surface area contributed by atoms with Crippen molar-refractivity contribution in [1.82, 2.24) is 9.80 Å². The molecule has 1 N–H and O–H groups in total. The average Bonchev–Trinajstić information content (AvgIpc) is 3.33. The molecule has 3 aliphatic rings. The fourth-order valence-electron chi connectivity index (χ4n) is 5.68. The Morgan fingerprint density at radius 3 is 2.52 bits per heavy atom. The van der Waals surface area contributed by atoms with E-state index in [1.807, 2.05) is 23.1 Å². The van der Waals surface area contributed by atoms with E-state index in [2.05, 4.69) is 15.4 Å². The highest BCUT2D eigenvalue weighted by Gasteiger charge is 2.35. The summed E-state index contributed by atoms with van der Waals surface area (Å²) in [5, 5.41) is 6.32. The molecule has 1 amide bonds. The summed E-state index contributed by atoms with van der Waals surface area (Å²) < 4.78 is 51.6. The first kappa shape index (κ1) is 28.6. The SMILES string of the molecule is O=Nc1ccc(NC2CCC(OCC(=O)N3CCN(CC4Cc5cc(Cl)ccc5O4)CC3)CC2)cc1C(F)(F)F. The first-order chi connectivity index (χ1) is 19.2. The number of amides is 1. The van der Waals surface area contributed by atoms with Crippen LogP contribution < -0.4 is 10.1 Å². The third-order valence-electron chi connectivity index (χ3n) is 7.84. The van der Waals surface area contributed by atoms with Crippen LogP contribution in [-0.2, 0) is 22.1 Å². The number of nitroso groups, excluding NO2 is 1. The molecule has 1 unspecified atom stereocenters. The summed E-state index contributed by atoms with van der Waals surface area (Å²) in [6.07, 6.45) is -0.996. The normalized spacial score (nSPS) is 23.4. The quantitative estimate of drug-likeness (QED) is 0.407. The Hall–Kier alpha value is -2.89. The molecule has 2 aliphatic heterocycles. The van der Waals surface area contributed by atoms with Crippen LogP contribution in [0.5, 0.6) is 5.75 Å². The van der Waals surface area contributed by atoms with Gasteiger partial charge >= 0.3 is 6.18 Å². The third-order valence-corrected chi connectivity index (χ3v) is 8.07. The molecule has 0 bridgehead atoms. The van der Waals surface area contributed by atoms with E-state index in [1.54, 1.807) is 0 Å². The number of nitrogens with one attached hydrogen (secondary N) is 1. The van der Waals surface area contributed by atoms with Crippen molar-refractivity contribution in [2.24, 2.45) is 5.18 Å². The largest absolute Gasteiger partial charge is 0.488 e. The molecule has 0 aromatic heterocycles. The minimum absolute atomic E-state index is 0.0200. The zero-order chi connectivity index (χ0) is 28.3. The van der Waals surface area contributed by atoms with E-state index < -0.39 is 17.4 Å². The fraction of sp³-hybridized carbons (Fsp3) is 0.536. The Bertz CT molecular complexity index is 1210. The number of ether oxygens (including phenoxy) is 2. The molecular formula is C28H32ClF3N4O4. The lowest BCUT2D eigenvalue weighted by atomic mass is 9.92. The molecule has 8 nitrogen and oxygen atoms in total. The number of benzene rings is 2. The molecule has 216 valence electrons. The van der Waals surface area contributed by atoms with Crippen molar-refractivity contribution in [3.8, 4) is 5.75 Å². The van der Waals surface area contributed by atoms with Crippen molar-refractivity contribution in [2.45, 2.75) is 56.5 Å². The van der Waals surface area contributed by atoms with Gasteiger partial charge in [-0.25, -0.2) is 0 Å². The van der Waals surface area contributed by atoms with Crippen LogP contribution in [0.3, 0.4) is 0 Å². The lowest BCUT2D eigenvalue weighted by Gasteiger charge is -2.36. The van der Waals surface area contributed by atoms with Gasteiger partial charge in [-0.3, -0.25) is 9.69 Å². The third kappa shape index (κ3) is 7.05. The summed E-state index contributed by atoms with van der Waals surface area (Å²) in [5.41, 5.74) is -0.242. The van der Waals surface area contributed by atoms with Crippen LogP contribution in [0.4, 0.5) is 24.5 Å². The molecule has 5 rings (SSSR count). The standard InChI is InChI=1S/C28H32ClF3N4O4/c29-19-1-8-26-18(13-19)14-23(40-26)16-35-9-11-36(12-10-35)27(37)17-39-22-5-2-20(3-6-22)33-21-4-7-25(34-38)24(15-21)28(30,31)32/h1,4,7-8,13,15,20,22-23,33H,2-3,5-6,9-12,14,16-17H2. The van der Waals surface area contributed by atoms with Gasteiger partial charge in [0.15, 0.2) is 0 Å². The van der Waals surface area contributed by atoms with Gasteiger partial charge in [-0.2, -0.15) is 13.2 Å². The van der Waals surface area contributed by atoms with Crippen molar-refractivity contribution in [3.63, 3.8) is 0 Å². The first-order valence-corrected chi connectivity index (χ1v) is 13.9. The number of carbonyl (C=O) groups is 1. The van der Waals surface area contributed by atoms with E-state index in [0.717, 1.165) is 49.5 Å². The zero-order valence-corrected chi connectivity index (χ0v) is 22.7. The van der Waals surface area contributed by atoms with Gasteiger partial charge in [-0.1, -0.05) is 11.6 Å². The van der Waals surface area contributed by atoms with Gasteiger partial charge in [-0.15, -0.1) is 4.91 Å². The van der Waals surface area contributed by atoms with E-state index in [9.17, 15) is 22.9 Å². The average molecular weight is 581 g/mol. The number of hydrogen-bond acceptors (Lipinski definition) is 7. The molecule has 1 aliphatic carbocycles. The number of alkyl halides is 3. The molecule has 1 saturated carbocycles. The van der Waals surface area contributed by atoms with E-state index in [4.69, 9.17) is 21.1 Å². The number of hydrogen-bond donors (Lipinski definition) is 1. The second-order valence-electron chi connectivity index (χ2n) is 10.6. The number of piperazine rings is 1. The number of fused-ring (bicyclic) bond motifs is 1. The zero-order valence-electron chi connectivity index (χ0n) is 22.0. The second-order valence-corrected chi connectivity index (χ2v) is 11.1. The van der Waals surface area contributed by atoms with E-state index in [-0.39, 0.29) is 30.8 Å². The Kier molecular flexibility index (Phi) is 8.82. The first-order valence-electron chi connectivity index (χ1n) is 13.6. The van der Waals surface area contributed by atoms with Crippen molar-refractivity contribution in [3.05, 3.63) is 57.5 Å². The maximum atomic E-state index is 13.2. The predicted octanol–water partition coefficient (Wildman–Crippen LogP) is 5.64. The van der Waals surface area contributed by atoms with E-state index in [1.165, 1.54) is 6.07 Å². The van der Waals surface area contributed by atoms with Crippen LogP contribution >= 0.6 is 11.6 Å². The van der Waals surface area contributed by atoms with Crippen molar-refractivity contribution in [1.29, 1.82) is 0 Å². The Labute approximate surface area is 235 Å². The molecule has 0 radical (unpaired) electrons. The molecule has 2 heterocycles. The van der Waals surface area contributed by atoms with Crippen LogP contribution in [0.15, 0.2) is 41.6 Å². The number of halogens is 4. The van der Waals surface area contributed by atoms with Gasteiger partial charge in [0.05, 0.1) is 11.7 Å². The molecule has 2 aromatic rings. The highest BCUT2D eigenvalue weighted by atomic mass is 35.5. The molecular weight excluding hydrogens is 549 g/mol. The minimum Gasteiger partial charge on any atom is -0.488 e. The smallest absolute Gasteiger partial charge is 0.418 e. The van der Waals surface area contributed by atoms with Gasteiger partial charge in [0, 0.05) is 55.9 Å². The van der Waals surface area contributed by atoms with Gasteiger partial charge in [0.1, 0.15) is 24.1 Å². The van der Waals surface area contributed by atoms with Crippen LogP contribution in [0.2, 0.25) is 5.02 Å². The highest BCUT2D eigenvalue weighted by Crippen LogP contribution is 2.38. The maximum Gasteiger partial charge on any atom is 0.418 e. The van der Waals surface area contributed by atoms with Crippen LogP contribution in [0, 0.1) is 4.91 Å². The Balaban J connectivity index is 0.997. The molecule has 1 atom stereocenters. The van der Waals surface area contributed by atoms with Gasteiger partial charge in [0.2, 0.25) is 5.91 Å². The Morgan fingerprint density at radius 2 is 1.82 bits per heavy atom. The van der Waals surface area contributed by atoms with Gasteiger partial charge in [0.25, 0.3) is 0 Å². The van der Waals surface area contributed by atoms with Crippen molar-refractivity contribution >= 4 is 28.9 Å². The molecule has 40 heavy (non-hydrogen) atoms. The van der Waals surface area contributed by atoms with Crippen LogP contribution in [0.1, 0.15) is 36.8 Å². The maximum absolute atomic E-state index is 13.2. The van der Waals surface area contributed by atoms with Crippen molar-refractivity contribution < 1.29 is 27.4 Å². The molecule has 0 spiro atoms. The number of carbonyl (C=O) groups excluding carboxylic acids is 1. The number of rotatable bonds is 8. The lowest BCUT2D eigenvalue weighted by Crippen LogP contribution is -2.51. The number of anilines is 1. The highest BCUT2D eigenvalue weighted by molar-refractivity contribution is 6.30. The molecule has 12 heteroatoms.